The third-order valence-corrected chi connectivity index (χ3v) is 2.81. The second-order valence-corrected chi connectivity index (χ2v) is 4.09. The molecule has 0 spiro atoms. The van der Waals surface area contributed by atoms with E-state index in [-0.39, 0.29) is 18.2 Å². The molecule has 3 nitrogen and oxygen atoms in total. The quantitative estimate of drug-likeness (QED) is 0.720. The zero-order chi connectivity index (χ0) is 11.4. The van der Waals surface area contributed by atoms with E-state index < -0.39 is 0 Å². The molecule has 2 rings (SSSR count). The third kappa shape index (κ3) is 2.48. The van der Waals surface area contributed by atoms with Gasteiger partial charge in [0.05, 0.1) is 6.54 Å². The maximum Gasteiger partial charge on any atom is 0.254 e. The van der Waals surface area contributed by atoms with Crippen LogP contribution in [0.2, 0.25) is 0 Å². The summed E-state index contributed by atoms with van der Waals surface area (Å²) in [7, 11) is 0. The van der Waals surface area contributed by atoms with Crippen molar-refractivity contribution in [1.29, 1.82) is 0 Å². The molecule has 0 unspecified atom stereocenters. The molecule has 1 aromatic carbocycles. The van der Waals surface area contributed by atoms with Gasteiger partial charge in [-0.15, -0.1) is 0 Å². The lowest BCUT2D eigenvalue weighted by Gasteiger charge is -2.19. The van der Waals surface area contributed by atoms with E-state index in [1.165, 1.54) is 0 Å². The van der Waals surface area contributed by atoms with Crippen LogP contribution in [0.15, 0.2) is 30.3 Å². The minimum absolute atomic E-state index is 0.0316. The number of rotatable bonds is 1. The first-order valence-corrected chi connectivity index (χ1v) is 5.63. The van der Waals surface area contributed by atoms with Crippen LogP contribution >= 0.6 is 0 Å². The zero-order valence-electron chi connectivity index (χ0n) is 9.19. The topological polar surface area (TPSA) is 37.4 Å². The summed E-state index contributed by atoms with van der Waals surface area (Å²) in [6.45, 7) is 0.965. The van der Waals surface area contributed by atoms with Gasteiger partial charge in [0, 0.05) is 18.5 Å². The molecule has 1 aliphatic heterocycles. The van der Waals surface area contributed by atoms with Gasteiger partial charge in [0.2, 0.25) is 0 Å². The van der Waals surface area contributed by atoms with Gasteiger partial charge in [0.15, 0.2) is 5.78 Å². The number of amides is 1. The standard InChI is InChI=1S/C13H15NO2/c15-12-8-4-5-9-14(10-12)13(16)11-6-2-1-3-7-11/h1-3,6-7H,4-5,8-10H2. The van der Waals surface area contributed by atoms with Crippen LogP contribution in [0.25, 0.3) is 0 Å². The maximum absolute atomic E-state index is 12.1. The van der Waals surface area contributed by atoms with Crippen LogP contribution < -0.4 is 0 Å². The van der Waals surface area contributed by atoms with Crippen LogP contribution in [0.1, 0.15) is 29.6 Å². The summed E-state index contributed by atoms with van der Waals surface area (Å²) in [5.74, 6) is 0.137. The van der Waals surface area contributed by atoms with Gasteiger partial charge in [0.1, 0.15) is 0 Å². The van der Waals surface area contributed by atoms with E-state index in [9.17, 15) is 9.59 Å². The molecule has 1 fully saturated rings. The third-order valence-electron chi connectivity index (χ3n) is 2.81. The fourth-order valence-corrected chi connectivity index (χ4v) is 1.93. The van der Waals surface area contributed by atoms with Gasteiger partial charge in [0.25, 0.3) is 5.91 Å². The van der Waals surface area contributed by atoms with Crippen molar-refractivity contribution in [2.24, 2.45) is 0 Å². The van der Waals surface area contributed by atoms with Gasteiger partial charge < -0.3 is 4.90 Å². The van der Waals surface area contributed by atoms with Crippen LogP contribution in [0.4, 0.5) is 0 Å². The predicted molar refractivity (Wildman–Crippen MR) is 61.2 cm³/mol. The summed E-state index contributed by atoms with van der Waals surface area (Å²) in [6.07, 6.45) is 2.43. The molecule has 0 atom stereocenters. The SMILES string of the molecule is O=C1CCCCN(C(=O)c2ccccc2)C1. The van der Waals surface area contributed by atoms with E-state index in [1.807, 2.05) is 18.2 Å². The fourth-order valence-electron chi connectivity index (χ4n) is 1.93. The molecule has 1 heterocycles. The molecule has 84 valence electrons. The van der Waals surface area contributed by atoms with Crippen molar-refractivity contribution < 1.29 is 9.59 Å². The summed E-state index contributed by atoms with van der Waals surface area (Å²) in [5, 5.41) is 0. The number of likely N-dealkylation sites (tertiary alicyclic amines) is 1. The van der Waals surface area contributed by atoms with E-state index in [4.69, 9.17) is 0 Å². The lowest BCUT2D eigenvalue weighted by molar-refractivity contribution is -0.119. The van der Waals surface area contributed by atoms with Gasteiger partial charge in [-0.3, -0.25) is 9.59 Å². The molecular formula is C13H15NO2. The van der Waals surface area contributed by atoms with E-state index in [1.54, 1.807) is 17.0 Å². The number of hydrogen-bond acceptors (Lipinski definition) is 2. The average molecular weight is 217 g/mol. The summed E-state index contributed by atoms with van der Waals surface area (Å²) in [5.41, 5.74) is 0.664. The first-order chi connectivity index (χ1) is 7.77. The van der Waals surface area contributed by atoms with Crippen LogP contribution in [-0.4, -0.2) is 29.7 Å². The van der Waals surface area contributed by atoms with Gasteiger partial charge in [-0.2, -0.15) is 0 Å². The second-order valence-electron chi connectivity index (χ2n) is 4.09. The second kappa shape index (κ2) is 4.92. The van der Waals surface area contributed by atoms with Gasteiger partial charge in [-0.25, -0.2) is 0 Å². The monoisotopic (exact) mass is 217 g/mol. The molecule has 1 aliphatic rings. The Morgan fingerprint density at radius 2 is 1.88 bits per heavy atom. The van der Waals surface area contributed by atoms with E-state index >= 15 is 0 Å². The first kappa shape index (κ1) is 10.9. The molecule has 0 bridgehead atoms. The van der Waals surface area contributed by atoms with E-state index in [0.717, 1.165) is 12.8 Å². The molecule has 0 aliphatic carbocycles. The minimum atomic E-state index is -0.0316. The molecule has 0 N–H and O–H groups in total. The highest BCUT2D eigenvalue weighted by Gasteiger charge is 2.20. The Morgan fingerprint density at radius 1 is 1.12 bits per heavy atom. The van der Waals surface area contributed by atoms with Crippen molar-refractivity contribution in [2.75, 3.05) is 13.1 Å². The zero-order valence-corrected chi connectivity index (χ0v) is 9.19. The lowest BCUT2D eigenvalue weighted by Crippen LogP contribution is -2.34. The van der Waals surface area contributed by atoms with Gasteiger partial charge >= 0.3 is 0 Å². The number of hydrogen-bond donors (Lipinski definition) is 0. The van der Waals surface area contributed by atoms with Crippen molar-refractivity contribution >= 4 is 11.7 Å². The largest absolute Gasteiger partial charge is 0.331 e. The number of carbonyl (C=O) groups is 2. The molecular weight excluding hydrogens is 202 g/mol. The van der Waals surface area contributed by atoms with Gasteiger partial charge in [-0.1, -0.05) is 18.2 Å². The van der Waals surface area contributed by atoms with Crippen molar-refractivity contribution in [3.8, 4) is 0 Å². The van der Waals surface area contributed by atoms with Crippen molar-refractivity contribution in [1.82, 2.24) is 4.90 Å². The smallest absolute Gasteiger partial charge is 0.254 e. The Labute approximate surface area is 95.1 Å². The van der Waals surface area contributed by atoms with Crippen molar-refractivity contribution in [3.63, 3.8) is 0 Å². The maximum atomic E-state index is 12.1. The molecule has 1 saturated heterocycles. The molecule has 0 saturated carbocycles. The molecule has 0 radical (unpaired) electrons. The highest BCUT2D eigenvalue weighted by Crippen LogP contribution is 2.11. The summed E-state index contributed by atoms with van der Waals surface area (Å²) >= 11 is 0. The average Bonchev–Trinajstić information content (AvgIpc) is 2.54. The van der Waals surface area contributed by atoms with Gasteiger partial charge in [-0.05, 0) is 25.0 Å². The Kier molecular flexibility index (Phi) is 3.34. The first-order valence-electron chi connectivity index (χ1n) is 5.63. The normalized spacial score (nSPS) is 17.0. The molecule has 0 aromatic heterocycles. The Balaban J connectivity index is 2.12. The van der Waals surface area contributed by atoms with Crippen LogP contribution in [-0.2, 0) is 4.79 Å². The Bertz CT molecular complexity index is 386. The van der Waals surface area contributed by atoms with Crippen molar-refractivity contribution in [3.05, 3.63) is 35.9 Å². The van der Waals surface area contributed by atoms with Crippen LogP contribution in [0.5, 0.6) is 0 Å². The number of Topliss-reactive ketones (excluding diaryl/α,β-unsaturated/α-hetero) is 1. The van der Waals surface area contributed by atoms with E-state index in [0.29, 0.717) is 18.5 Å². The summed E-state index contributed by atoms with van der Waals surface area (Å²) in [4.78, 5) is 25.2. The molecule has 3 heteroatoms. The number of carbonyl (C=O) groups excluding carboxylic acids is 2. The Hall–Kier alpha value is -1.64. The number of nitrogens with zero attached hydrogens (tertiary/aromatic N) is 1. The highest BCUT2D eigenvalue weighted by atomic mass is 16.2. The Morgan fingerprint density at radius 3 is 2.62 bits per heavy atom. The van der Waals surface area contributed by atoms with Crippen molar-refractivity contribution in [2.45, 2.75) is 19.3 Å². The lowest BCUT2D eigenvalue weighted by atomic mass is 10.2. The van der Waals surface area contributed by atoms with Crippen LogP contribution in [0, 0.1) is 0 Å². The predicted octanol–water partition coefficient (Wildman–Crippen LogP) is 1.88. The fraction of sp³-hybridized carbons (Fsp3) is 0.385. The number of ketones is 1. The van der Waals surface area contributed by atoms with Crippen LogP contribution in [0.3, 0.4) is 0 Å². The van der Waals surface area contributed by atoms with E-state index in [2.05, 4.69) is 0 Å². The summed E-state index contributed by atoms with van der Waals surface area (Å²) in [6, 6.07) is 9.14. The highest BCUT2D eigenvalue weighted by molar-refractivity contribution is 5.96. The molecule has 1 amide bonds. The summed E-state index contributed by atoms with van der Waals surface area (Å²) < 4.78 is 0. The number of benzene rings is 1. The molecule has 16 heavy (non-hydrogen) atoms. The molecule has 1 aromatic rings. The minimum Gasteiger partial charge on any atom is -0.331 e.